The van der Waals surface area contributed by atoms with Crippen LogP contribution in [0.2, 0.25) is 0 Å². The number of phenolic OH excluding ortho intramolecular Hbond substituents is 1. The zero-order valence-electron chi connectivity index (χ0n) is 14.5. The van der Waals surface area contributed by atoms with E-state index < -0.39 is 5.82 Å². The van der Waals surface area contributed by atoms with Gasteiger partial charge in [0, 0.05) is 24.5 Å². The number of nitrogens with zero attached hydrogens (tertiary/aromatic N) is 1. The van der Waals surface area contributed by atoms with Crippen LogP contribution in [-0.4, -0.2) is 22.5 Å². The van der Waals surface area contributed by atoms with Crippen molar-refractivity contribution in [3.05, 3.63) is 71.8 Å². The maximum absolute atomic E-state index is 14.3. The minimum atomic E-state index is -0.439. The molecule has 0 bridgehead atoms. The minimum absolute atomic E-state index is 0.187. The summed E-state index contributed by atoms with van der Waals surface area (Å²) < 4.78 is 14.3. The van der Waals surface area contributed by atoms with E-state index in [1.807, 2.05) is 24.3 Å². The molecule has 0 unspecified atom stereocenters. The molecule has 0 fully saturated rings. The molecule has 1 aromatic heterocycles. The Labute approximate surface area is 155 Å². The first-order chi connectivity index (χ1) is 13.1. The first-order valence-corrected chi connectivity index (χ1v) is 8.68. The van der Waals surface area contributed by atoms with Crippen molar-refractivity contribution in [2.45, 2.75) is 12.8 Å². The van der Waals surface area contributed by atoms with Crippen molar-refractivity contribution in [3.63, 3.8) is 0 Å². The highest BCUT2D eigenvalue weighted by atomic mass is 19.1. The molecule has 0 saturated carbocycles. The third-order valence-electron chi connectivity index (χ3n) is 4.57. The third-order valence-corrected chi connectivity index (χ3v) is 4.57. The van der Waals surface area contributed by atoms with Crippen molar-refractivity contribution >= 4 is 17.3 Å². The highest BCUT2D eigenvalue weighted by molar-refractivity contribution is 6.00. The van der Waals surface area contributed by atoms with Gasteiger partial charge >= 0.3 is 0 Å². The molecule has 1 aliphatic rings. The molecule has 0 aliphatic carbocycles. The first-order valence-electron chi connectivity index (χ1n) is 8.68. The molecule has 1 aliphatic heterocycles. The number of hydrogen-bond acceptors (Lipinski definition) is 4. The second-order valence-corrected chi connectivity index (χ2v) is 6.48. The fourth-order valence-corrected chi connectivity index (χ4v) is 3.22. The topological polar surface area (TPSA) is 74.2 Å². The van der Waals surface area contributed by atoms with E-state index >= 15 is 0 Å². The van der Waals surface area contributed by atoms with Crippen molar-refractivity contribution in [1.82, 2.24) is 4.98 Å². The summed E-state index contributed by atoms with van der Waals surface area (Å²) in [5.41, 5.74) is 4.05. The van der Waals surface area contributed by atoms with Crippen molar-refractivity contribution in [1.29, 1.82) is 0 Å². The first kappa shape index (κ1) is 17.0. The number of carbonyl (C=O) groups is 1. The Morgan fingerprint density at radius 2 is 2.00 bits per heavy atom. The number of phenols is 1. The fourth-order valence-electron chi connectivity index (χ4n) is 3.22. The van der Waals surface area contributed by atoms with Crippen LogP contribution in [0.3, 0.4) is 0 Å². The number of fused-ring (bicyclic) bond motifs is 1. The van der Waals surface area contributed by atoms with Crippen LogP contribution in [0.5, 0.6) is 5.75 Å². The summed E-state index contributed by atoms with van der Waals surface area (Å²) in [6.45, 7) is 0.625. The molecule has 5 nitrogen and oxygen atoms in total. The zero-order valence-corrected chi connectivity index (χ0v) is 14.5. The lowest BCUT2D eigenvalue weighted by Gasteiger charge is -2.10. The highest BCUT2D eigenvalue weighted by Gasteiger charge is 2.22. The monoisotopic (exact) mass is 363 g/mol. The summed E-state index contributed by atoms with van der Waals surface area (Å²) in [6.07, 6.45) is 4.22. The van der Waals surface area contributed by atoms with Gasteiger partial charge in [0.25, 0.3) is 0 Å². The molecule has 4 rings (SSSR count). The van der Waals surface area contributed by atoms with Gasteiger partial charge in [0.05, 0.1) is 17.8 Å². The SMILES string of the molecule is O=C1Cc2cc(-c3cncc(NCCc4ccccc4O)c3)cc(F)c2N1. The van der Waals surface area contributed by atoms with Gasteiger partial charge in [0.1, 0.15) is 11.6 Å². The van der Waals surface area contributed by atoms with E-state index in [9.17, 15) is 14.3 Å². The second-order valence-electron chi connectivity index (χ2n) is 6.48. The fraction of sp³-hybridized carbons (Fsp3) is 0.143. The summed E-state index contributed by atoms with van der Waals surface area (Å²) in [5, 5.41) is 15.6. The average molecular weight is 363 g/mol. The van der Waals surface area contributed by atoms with Gasteiger partial charge in [-0.15, -0.1) is 0 Å². The molecule has 136 valence electrons. The number of rotatable bonds is 5. The molecular weight excluding hydrogens is 345 g/mol. The Morgan fingerprint density at radius 3 is 2.85 bits per heavy atom. The number of amides is 1. The lowest BCUT2D eigenvalue weighted by molar-refractivity contribution is -0.115. The number of anilines is 2. The average Bonchev–Trinajstić information content (AvgIpc) is 3.04. The van der Waals surface area contributed by atoms with E-state index in [2.05, 4.69) is 15.6 Å². The van der Waals surface area contributed by atoms with Gasteiger partial charge in [-0.1, -0.05) is 18.2 Å². The molecule has 3 aromatic rings. The van der Waals surface area contributed by atoms with E-state index in [-0.39, 0.29) is 23.8 Å². The summed E-state index contributed by atoms with van der Waals surface area (Å²) in [5.74, 6) is -0.354. The number of benzene rings is 2. The summed E-state index contributed by atoms with van der Waals surface area (Å²) >= 11 is 0. The molecule has 0 spiro atoms. The lowest BCUT2D eigenvalue weighted by Crippen LogP contribution is -2.05. The maximum atomic E-state index is 14.3. The Morgan fingerprint density at radius 1 is 1.15 bits per heavy atom. The van der Waals surface area contributed by atoms with Crippen LogP contribution < -0.4 is 10.6 Å². The number of hydrogen-bond donors (Lipinski definition) is 3. The van der Waals surface area contributed by atoms with Crippen LogP contribution in [0.25, 0.3) is 11.1 Å². The van der Waals surface area contributed by atoms with Crippen LogP contribution in [0.1, 0.15) is 11.1 Å². The Hall–Kier alpha value is -3.41. The predicted octanol–water partition coefficient (Wildman–Crippen LogP) is 3.74. The largest absolute Gasteiger partial charge is 0.508 e. The van der Waals surface area contributed by atoms with Gasteiger partial charge in [-0.05, 0) is 47.4 Å². The molecule has 0 atom stereocenters. The number of aromatic nitrogens is 1. The number of halogens is 1. The number of para-hydroxylation sites is 1. The molecule has 1 amide bonds. The summed E-state index contributed by atoms with van der Waals surface area (Å²) in [4.78, 5) is 15.7. The summed E-state index contributed by atoms with van der Waals surface area (Å²) in [7, 11) is 0. The van der Waals surface area contributed by atoms with Crippen molar-refractivity contribution in [3.8, 4) is 16.9 Å². The van der Waals surface area contributed by atoms with E-state index in [0.717, 1.165) is 16.8 Å². The number of aromatic hydroxyl groups is 1. The van der Waals surface area contributed by atoms with Gasteiger partial charge < -0.3 is 15.7 Å². The van der Waals surface area contributed by atoms with Gasteiger partial charge in [-0.2, -0.15) is 0 Å². The molecule has 2 heterocycles. The normalized spacial score (nSPS) is 12.6. The quantitative estimate of drug-likeness (QED) is 0.646. The number of nitrogens with one attached hydrogen (secondary N) is 2. The van der Waals surface area contributed by atoms with Crippen molar-refractivity contribution in [2.75, 3.05) is 17.2 Å². The van der Waals surface area contributed by atoms with E-state index in [1.165, 1.54) is 6.07 Å². The number of pyridine rings is 1. The molecule has 2 aromatic carbocycles. The molecule has 6 heteroatoms. The van der Waals surface area contributed by atoms with Gasteiger partial charge in [-0.25, -0.2) is 4.39 Å². The Balaban J connectivity index is 1.50. The Kier molecular flexibility index (Phi) is 4.46. The van der Waals surface area contributed by atoms with E-state index in [0.29, 0.717) is 24.1 Å². The van der Waals surface area contributed by atoms with Crippen molar-refractivity contribution in [2.24, 2.45) is 0 Å². The highest BCUT2D eigenvalue weighted by Crippen LogP contribution is 2.32. The standard InChI is InChI=1S/C21H18FN3O2/c22-18-9-14(7-15-10-20(27)25-21(15)18)16-8-17(12-23-11-16)24-6-5-13-3-1-2-4-19(13)26/h1-4,7-9,11-12,24,26H,5-6,10H2,(H,25,27). The van der Waals surface area contributed by atoms with Gasteiger partial charge in [-0.3, -0.25) is 9.78 Å². The van der Waals surface area contributed by atoms with Crippen molar-refractivity contribution < 1.29 is 14.3 Å². The van der Waals surface area contributed by atoms with E-state index in [1.54, 1.807) is 24.5 Å². The minimum Gasteiger partial charge on any atom is -0.508 e. The van der Waals surface area contributed by atoms with Gasteiger partial charge in [0.15, 0.2) is 0 Å². The third kappa shape index (κ3) is 3.60. The predicted molar refractivity (Wildman–Crippen MR) is 102 cm³/mol. The van der Waals surface area contributed by atoms with Crippen LogP contribution in [-0.2, 0) is 17.6 Å². The van der Waals surface area contributed by atoms with Crippen LogP contribution in [0, 0.1) is 5.82 Å². The lowest BCUT2D eigenvalue weighted by atomic mass is 10.0. The van der Waals surface area contributed by atoms with Crippen LogP contribution >= 0.6 is 0 Å². The van der Waals surface area contributed by atoms with Crippen LogP contribution in [0.15, 0.2) is 54.9 Å². The van der Waals surface area contributed by atoms with Gasteiger partial charge in [0.2, 0.25) is 5.91 Å². The smallest absolute Gasteiger partial charge is 0.228 e. The Bertz CT molecular complexity index is 1020. The molecule has 0 radical (unpaired) electrons. The van der Waals surface area contributed by atoms with Crippen LogP contribution in [0.4, 0.5) is 15.8 Å². The molecule has 3 N–H and O–H groups in total. The number of carbonyl (C=O) groups excluding carboxylic acids is 1. The zero-order chi connectivity index (χ0) is 18.8. The molecular formula is C21H18FN3O2. The second kappa shape index (κ2) is 7.07. The summed E-state index contributed by atoms with van der Waals surface area (Å²) in [6, 6.07) is 12.3. The molecule has 0 saturated heterocycles. The maximum Gasteiger partial charge on any atom is 0.228 e. The molecule has 27 heavy (non-hydrogen) atoms. The van der Waals surface area contributed by atoms with E-state index in [4.69, 9.17) is 0 Å².